The van der Waals surface area contributed by atoms with Crippen molar-refractivity contribution in [3.8, 4) is 0 Å². The molecule has 3 rings (SSSR count). The van der Waals surface area contributed by atoms with Gasteiger partial charge in [-0.2, -0.15) is 0 Å². The second-order valence-electron chi connectivity index (χ2n) is 4.35. The van der Waals surface area contributed by atoms with E-state index in [1.165, 1.54) is 5.56 Å². The van der Waals surface area contributed by atoms with Crippen molar-refractivity contribution in [2.75, 3.05) is 5.32 Å². The number of hydrogen-bond acceptors (Lipinski definition) is 2. The third-order valence-corrected chi connectivity index (χ3v) is 2.89. The first-order valence-corrected chi connectivity index (χ1v) is 6.18. The molecule has 0 atom stereocenters. The fraction of sp³-hybridized carbons (Fsp3) is 0.0625. The van der Waals surface area contributed by atoms with E-state index in [-0.39, 0.29) is 0 Å². The quantitative estimate of drug-likeness (QED) is 0.766. The molecule has 0 saturated heterocycles. The zero-order valence-electron chi connectivity index (χ0n) is 10.5. The molecule has 19 heavy (non-hydrogen) atoms. The van der Waals surface area contributed by atoms with Crippen molar-refractivity contribution in [2.45, 2.75) is 6.54 Å². The molecule has 1 heterocycles. The van der Waals surface area contributed by atoms with Crippen LogP contribution in [0.25, 0.3) is 0 Å². The van der Waals surface area contributed by atoms with Crippen molar-refractivity contribution in [2.24, 2.45) is 0 Å². The smallest absolute Gasteiger partial charge is 0.0949 e. The third-order valence-electron chi connectivity index (χ3n) is 2.89. The molecule has 3 aromatic rings. The summed E-state index contributed by atoms with van der Waals surface area (Å²) in [5.74, 6) is 0. The average Bonchev–Trinajstić information content (AvgIpc) is 2.95. The lowest BCUT2D eigenvalue weighted by molar-refractivity contribution is 0.797. The van der Waals surface area contributed by atoms with Crippen LogP contribution in [0.2, 0.25) is 0 Å². The molecular formula is C16H14N3. The van der Waals surface area contributed by atoms with Crippen LogP contribution in [0.15, 0.2) is 67.3 Å². The minimum absolute atomic E-state index is 0.848. The van der Waals surface area contributed by atoms with Gasteiger partial charge in [0.2, 0.25) is 0 Å². The number of anilines is 2. The Labute approximate surface area is 112 Å². The molecule has 0 bridgehead atoms. The summed E-state index contributed by atoms with van der Waals surface area (Å²) >= 11 is 0. The highest BCUT2D eigenvalue weighted by atomic mass is 15.0. The van der Waals surface area contributed by atoms with Crippen LogP contribution in [0.5, 0.6) is 0 Å². The predicted octanol–water partition coefficient (Wildman–Crippen LogP) is 3.48. The summed E-state index contributed by atoms with van der Waals surface area (Å²) in [5, 5.41) is 3.35. The van der Waals surface area contributed by atoms with Gasteiger partial charge in [0.15, 0.2) is 0 Å². The van der Waals surface area contributed by atoms with Crippen molar-refractivity contribution in [3.63, 3.8) is 0 Å². The predicted molar refractivity (Wildman–Crippen MR) is 76.3 cm³/mol. The highest BCUT2D eigenvalue weighted by Crippen LogP contribution is 2.16. The molecule has 0 saturated carbocycles. The maximum atomic E-state index is 4.04. The van der Waals surface area contributed by atoms with Crippen LogP contribution < -0.4 is 5.32 Å². The second kappa shape index (κ2) is 5.40. The van der Waals surface area contributed by atoms with E-state index in [2.05, 4.69) is 45.2 Å². The van der Waals surface area contributed by atoms with E-state index >= 15 is 0 Å². The number of aromatic nitrogens is 2. The molecule has 3 heteroatoms. The summed E-state index contributed by atoms with van der Waals surface area (Å²) in [5.41, 5.74) is 3.41. The van der Waals surface area contributed by atoms with Crippen LogP contribution >= 0.6 is 0 Å². The van der Waals surface area contributed by atoms with Crippen LogP contribution in [-0.2, 0) is 6.54 Å². The summed E-state index contributed by atoms with van der Waals surface area (Å²) in [4.78, 5) is 4.04. The van der Waals surface area contributed by atoms with Crippen molar-refractivity contribution in [1.82, 2.24) is 9.55 Å². The molecule has 1 N–H and O–H groups in total. The van der Waals surface area contributed by atoms with E-state index in [9.17, 15) is 0 Å². The molecule has 0 aliphatic heterocycles. The monoisotopic (exact) mass is 248 g/mol. The molecule has 1 radical (unpaired) electrons. The van der Waals surface area contributed by atoms with Crippen molar-refractivity contribution in [3.05, 3.63) is 78.9 Å². The number of benzene rings is 2. The minimum atomic E-state index is 0.848. The highest BCUT2D eigenvalue weighted by Gasteiger charge is 1.96. The van der Waals surface area contributed by atoms with E-state index in [0.717, 1.165) is 17.9 Å². The Hall–Kier alpha value is -2.55. The molecular weight excluding hydrogens is 234 g/mol. The van der Waals surface area contributed by atoms with Crippen LogP contribution in [-0.4, -0.2) is 9.55 Å². The maximum Gasteiger partial charge on any atom is 0.0949 e. The van der Waals surface area contributed by atoms with Gasteiger partial charge < -0.3 is 9.88 Å². The third kappa shape index (κ3) is 3.01. The van der Waals surface area contributed by atoms with Crippen LogP contribution in [0.1, 0.15) is 5.56 Å². The molecule has 0 amide bonds. The topological polar surface area (TPSA) is 29.9 Å². The van der Waals surface area contributed by atoms with Crippen LogP contribution in [0, 0.1) is 6.07 Å². The maximum absolute atomic E-state index is 4.04. The molecule has 3 nitrogen and oxygen atoms in total. The fourth-order valence-electron chi connectivity index (χ4n) is 1.92. The number of nitrogens with zero attached hydrogens (tertiary/aromatic N) is 2. The summed E-state index contributed by atoms with van der Waals surface area (Å²) in [6, 6.07) is 19.2. The lowest BCUT2D eigenvalue weighted by Gasteiger charge is -2.07. The largest absolute Gasteiger partial charge is 0.356 e. The summed E-state index contributed by atoms with van der Waals surface area (Å²) in [6.45, 7) is 0.848. The first-order chi connectivity index (χ1) is 9.40. The normalized spacial score (nSPS) is 10.3. The summed E-state index contributed by atoms with van der Waals surface area (Å²) in [7, 11) is 0. The van der Waals surface area contributed by atoms with Crippen LogP contribution in [0.4, 0.5) is 11.4 Å². The molecule has 0 fully saturated rings. The van der Waals surface area contributed by atoms with Gasteiger partial charge in [-0.25, -0.2) is 4.98 Å². The second-order valence-corrected chi connectivity index (χ2v) is 4.35. The molecule has 0 unspecified atom stereocenters. The zero-order chi connectivity index (χ0) is 12.9. The van der Waals surface area contributed by atoms with E-state index in [0.29, 0.717) is 0 Å². The Balaban J connectivity index is 1.69. The first kappa shape index (κ1) is 11.5. The molecule has 93 valence electrons. The SMILES string of the molecule is [c]1ccc(Nc2ccc(Cn3ccnc3)cc2)cc1. The molecule has 2 aromatic carbocycles. The van der Waals surface area contributed by atoms with Crippen molar-refractivity contribution in [1.29, 1.82) is 0 Å². The molecule has 0 aliphatic rings. The molecule has 0 spiro atoms. The van der Waals surface area contributed by atoms with Crippen molar-refractivity contribution < 1.29 is 0 Å². The number of nitrogens with one attached hydrogen (secondary N) is 1. The Bertz CT molecular complexity index is 613. The van der Waals surface area contributed by atoms with E-state index in [1.54, 1.807) is 6.20 Å². The van der Waals surface area contributed by atoms with Gasteiger partial charge in [0.1, 0.15) is 0 Å². The number of rotatable bonds is 4. The Morgan fingerprint density at radius 1 is 1.00 bits per heavy atom. The van der Waals surface area contributed by atoms with E-state index < -0.39 is 0 Å². The van der Waals surface area contributed by atoms with Gasteiger partial charge in [-0.05, 0) is 35.9 Å². The summed E-state index contributed by atoms with van der Waals surface area (Å²) in [6.07, 6.45) is 5.58. The fourth-order valence-corrected chi connectivity index (χ4v) is 1.92. The Kier molecular flexibility index (Phi) is 3.28. The van der Waals surface area contributed by atoms with Gasteiger partial charge >= 0.3 is 0 Å². The average molecular weight is 248 g/mol. The Morgan fingerprint density at radius 3 is 2.42 bits per heavy atom. The van der Waals surface area contributed by atoms with Gasteiger partial charge in [0.25, 0.3) is 0 Å². The number of hydrogen-bond donors (Lipinski definition) is 1. The van der Waals surface area contributed by atoms with Gasteiger partial charge in [0.05, 0.1) is 6.33 Å². The lowest BCUT2D eigenvalue weighted by atomic mass is 10.2. The van der Waals surface area contributed by atoms with Gasteiger partial charge in [0, 0.05) is 30.3 Å². The standard InChI is InChI=1S/C16H14N3/c1-2-4-15(5-3-1)18-16-8-6-14(7-9-16)12-19-11-10-17-13-19/h2-11,13,18H,12H2. The minimum Gasteiger partial charge on any atom is -0.356 e. The van der Waals surface area contributed by atoms with Crippen molar-refractivity contribution >= 4 is 11.4 Å². The van der Waals surface area contributed by atoms with Gasteiger partial charge in [-0.1, -0.05) is 24.3 Å². The first-order valence-electron chi connectivity index (χ1n) is 6.18. The van der Waals surface area contributed by atoms with Gasteiger partial charge in [-0.3, -0.25) is 0 Å². The highest BCUT2D eigenvalue weighted by molar-refractivity contribution is 5.59. The lowest BCUT2D eigenvalue weighted by Crippen LogP contribution is -1.96. The van der Waals surface area contributed by atoms with Crippen LogP contribution in [0.3, 0.4) is 0 Å². The molecule has 1 aromatic heterocycles. The molecule has 0 aliphatic carbocycles. The summed E-state index contributed by atoms with van der Waals surface area (Å²) < 4.78 is 2.05. The van der Waals surface area contributed by atoms with E-state index in [1.807, 2.05) is 36.8 Å². The zero-order valence-corrected chi connectivity index (χ0v) is 10.5. The number of imidazole rings is 1. The van der Waals surface area contributed by atoms with E-state index in [4.69, 9.17) is 0 Å². The Morgan fingerprint density at radius 2 is 1.74 bits per heavy atom. The van der Waals surface area contributed by atoms with Gasteiger partial charge in [-0.15, -0.1) is 0 Å².